The Balaban J connectivity index is 1.31. The number of aliphatic carboxylic acids is 1. The second kappa shape index (κ2) is 16.9. The first kappa shape index (κ1) is 34.6. The SMILES string of the molecule is CCCCCCCCCCCCOC[C@@]12O[C@@H](CN3CCCC3)[C@@H](OC(=O)Nc3ccc(CC(=O)O)cc3)[C@@H]1OC(C)(C)O2. The highest BCUT2D eigenvalue weighted by atomic mass is 16.9. The maximum absolute atomic E-state index is 13.1. The number of unbranched alkanes of at least 4 members (excludes halogenated alkanes) is 9. The number of fused-ring (bicyclic) bond motifs is 1. The zero-order valence-corrected chi connectivity index (χ0v) is 27.0. The molecule has 1 aromatic rings. The number of carbonyl (C=O) groups excluding carboxylic acids is 1. The van der Waals surface area contributed by atoms with Crippen LogP contribution in [0.3, 0.4) is 0 Å². The summed E-state index contributed by atoms with van der Waals surface area (Å²) in [7, 11) is 0. The molecule has 3 fully saturated rings. The Morgan fingerprint density at radius 2 is 1.59 bits per heavy atom. The molecule has 0 aliphatic carbocycles. The molecule has 0 unspecified atom stereocenters. The van der Waals surface area contributed by atoms with E-state index in [0.717, 1.165) is 38.8 Å². The molecule has 3 heterocycles. The Kier molecular flexibility index (Phi) is 13.3. The van der Waals surface area contributed by atoms with Gasteiger partial charge in [-0.25, -0.2) is 4.79 Å². The van der Waals surface area contributed by atoms with Crippen LogP contribution in [0, 0.1) is 0 Å². The molecule has 10 nitrogen and oxygen atoms in total. The third-order valence-corrected chi connectivity index (χ3v) is 8.66. The second-order valence-electron chi connectivity index (χ2n) is 13.0. The summed E-state index contributed by atoms with van der Waals surface area (Å²) in [5, 5.41) is 11.8. The van der Waals surface area contributed by atoms with Crippen LogP contribution in [0.4, 0.5) is 10.5 Å². The molecule has 4 rings (SSSR count). The summed E-state index contributed by atoms with van der Waals surface area (Å²) in [4.78, 5) is 26.4. The van der Waals surface area contributed by atoms with Crippen molar-refractivity contribution in [3.63, 3.8) is 0 Å². The first-order valence-electron chi connectivity index (χ1n) is 16.8. The summed E-state index contributed by atoms with van der Waals surface area (Å²) in [5.74, 6) is -3.01. The van der Waals surface area contributed by atoms with Crippen molar-refractivity contribution >= 4 is 17.7 Å². The Bertz CT molecular complexity index is 1030. The predicted octanol–water partition coefficient (Wildman–Crippen LogP) is 6.51. The smallest absolute Gasteiger partial charge is 0.412 e. The highest BCUT2D eigenvalue weighted by Gasteiger charge is 2.66. The van der Waals surface area contributed by atoms with Gasteiger partial charge < -0.3 is 33.7 Å². The summed E-state index contributed by atoms with van der Waals surface area (Å²) >= 11 is 0. The number of carbonyl (C=O) groups is 2. The zero-order valence-electron chi connectivity index (χ0n) is 27.0. The Hall–Kier alpha value is -2.24. The second-order valence-corrected chi connectivity index (χ2v) is 13.0. The molecule has 1 aromatic carbocycles. The molecule has 44 heavy (non-hydrogen) atoms. The maximum Gasteiger partial charge on any atom is 0.412 e. The summed E-state index contributed by atoms with van der Waals surface area (Å²) in [5.41, 5.74) is 1.15. The molecule has 0 radical (unpaired) electrons. The molecule has 0 bridgehead atoms. The van der Waals surface area contributed by atoms with E-state index >= 15 is 0 Å². The van der Waals surface area contributed by atoms with E-state index in [1.54, 1.807) is 24.3 Å². The first-order chi connectivity index (χ1) is 21.2. The number of anilines is 1. The number of amides is 1. The van der Waals surface area contributed by atoms with E-state index in [2.05, 4.69) is 17.1 Å². The molecule has 3 aliphatic rings. The number of nitrogens with one attached hydrogen (secondary N) is 1. The minimum Gasteiger partial charge on any atom is -0.481 e. The molecular weight excluding hydrogens is 564 g/mol. The fourth-order valence-corrected chi connectivity index (χ4v) is 6.52. The molecule has 10 heteroatoms. The van der Waals surface area contributed by atoms with E-state index in [1.807, 2.05) is 13.8 Å². The van der Waals surface area contributed by atoms with Crippen LogP contribution in [-0.2, 0) is 34.9 Å². The quantitative estimate of drug-likeness (QED) is 0.167. The Labute approximate surface area is 263 Å². The predicted molar refractivity (Wildman–Crippen MR) is 168 cm³/mol. The number of carboxylic acids is 1. The minimum atomic E-state index is -1.17. The molecule has 0 spiro atoms. The van der Waals surface area contributed by atoms with Gasteiger partial charge in [-0.15, -0.1) is 0 Å². The molecule has 248 valence electrons. The number of hydrogen-bond donors (Lipinski definition) is 2. The van der Waals surface area contributed by atoms with Crippen molar-refractivity contribution in [2.24, 2.45) is 0 Å². The van der Waals surface area contributed by atoms with Crippen LogP contribution in [0.5, 0.6) is 0 Å². The topological polar surface area (TPSA) is 116 Å². The molecule has 0 aromatic heterocycles. The van der Waals surface area contributed by atoms with Gasteiger partial charge in [-0.05, 0) is 63.9 Å². The van der Waals surface area contributed by atoms with Crippen LogP contribution >= 0.6 is 0 Å². The van der Waals surface area contributed by atoms with Crippen LogP contribution in [0.25, 0.3) is 0 Å². The summed E-state index contributed by atoms with van der Waals surface area (Å²) < 4.78 is 31.5. The molecule has 2 N–H and O–H groups in total. The fourth-order valence-electron chi connectivity index (χ4n) is 6.52. The van der Waals surface area contributed by atoms with E-state index in [9.17, 15) is 9.59 Å². The van der Waals surface area contributed by atoms with E-state index < -0.39 is 41.9 Å². The van der Waals surface area contributed by atoms with Gasteiger partial charge in [0.25, 0.3) is 0 Å². The summed E-state index contributed by atoms with van der Waals surface area (Å²) in [6.07, 6.45) is 12.4. The van der Waals surface area contributed by atoms with Gasteiger partial charge in [-0.2, -0.15) is 0 Å². The number of carboxylic acid groups (broad SMARTS) is 1. The molecule has 4 atom stereocenters. The van der Waals surface area contributed by atoms with E-state index in [0.29, 0.717) is 24.4 Å². The van der Waals surface area contributed by atoms with Gasteiger partial charge in [0.05, 0.1) is 6.42 Å². The minimum absolute atomic E-state index is 0.0829. The summed E-state index contributed by atoms with van der Waals surface area (Å²) in [6, 6.07) is 6.67. The van der Waals surface area contributed by atoms with E-state index in [4.69, 9.17) is 28.8 Å². The van der Waals surface area contributed by atoms with Crippen molar-refractivity contribution < 1.29 is 38.4 Å². The fraction of sp³-hybridized carbons (Fsp3) is 0.765. The van der Waals surface area contributed by atoms with Crippen molar-refractivity contribution in [1.29, 1.82) is 0 Å². The molecule has 3 saturated heterocycles. The molecule has 1 amide bonds. The number of likely N-dealkylation sites (tertiary alicyclic amines) is 1. The van der Waals surface area contributed by atoms with Crippen molar-refractivity contribution in [2.75, 3.05) is 38.2 Å². The van der Waals surface area contributed by atoms with Crippen LogP contribution in [0.15, 0.2) is 24.3 Å². The maximum atomic E-state index is 13.1. The number of benzene rings is 1. The van der Waals surface area contributed by atoms with Crippen molar-refractivity contribution in [2.45, 2.75) is 134 Å². The Morgan fingerprint density at radius 3 is 2.23 bits per heavy atom. The van der Waals surface area contributed by atoms with Gasteiger partial charge >= 0.3 is 12.1 Å². The van der Waals surface area contributed by atoms with Crippen molar-refractivity contribution in [3.8, 4) is 0 Å². The number of ether oxygens (including phenoxy) is 5. The normalized spacial score (nSPS) is 26.1. The highest BCUT2D eigenvalue weighted by Crippen LogP contribution is 2.47. The van der Waals surface area contributed by atoms with Gasteiger partial charge in [0, 0.05) is 18.8 Å². The van der Waals surface area contributed by atoms with Gasteiger partial charge in [-0.3, -0.25) is 10.1 Å². The molecular formula is C34H54N2O8. The Morgan fingerprint density at radius 1 is 0.955 bits per heavy atom. The molecule has 3 aliphatic heterocycles. The van der Waals surface area contributed by atoms with Crippen molar-refractivity contribution in [1.82, 2.24) is 4.90 Å². The van der Waals surface area contributed by atoms with Gasteiger partial charge in [-0.1, -0.05) is 76.8 Å². The first-order valence-corrected chi connectivity index (χ1v) is 16.8. The average molecular weight is 619 g/mol. The lowest BCUT2D eigenvalue weighted by molar-refractivity contribution is -0.278. The number of hydrogen-bond acceptors (Lipinski definition) is 8. The van der Waals surface area contributed by atoms with E-state index in [1.165, 1.54) is 51.4 Å². The van der Waals surface area contributed by atoms with Crippen LogP contribution < -0.4 is 5.32 Å². The lowest BCUT2D eigenvalue weighted by Crippen LogP contribution is -2.46. The average Bonchev–Trinajstić information content (AvgIpc) is 3.64. The van der Waals surface area contributed by atoms with Crippen molar-refractivity contribution in [3.05, 3.63) is 29.8 Å². The van der Waals surface area contributed by atoms with Crippen LogP contribution in [0.2, 0.25) is 0 Å². The lowest BCUT2D eigenvalue weighted by Gasteiger charge is -2.30. The standard InChI is InChI=1S/C34H54N2O8/c1-4-5-6-7-8-9-10-11-12-15-22-40-25-34-31(43-33(2,3)44-34)30(28(42-34)24-36-20-13-14-21-36)41-32(39)35-27-18-16-26(17-19-27)23-29(37)38/h16-19,28,30-31H,4-15,20-25H2,1-3H3,(H,35,39)(H,37,38)/t28-,30+,31-,34-/m0/s1. The monoisotopic (exact) mass is 618 g/mol. The number of rotatable bonds is 19. The number of nitrogens with zero attached hydrogens (tertiary/aromatic N) is 1. The third kappa shape index (κ3) is 10.4. The van der Waals surface area contributed by atoms with Gasteiger partial charge in [0.15, 0.2) is 18.0 Å². The van der Waals surface area contributed by atoms with Gasteiger partial charge in [0.1, 0.15) is 12.7 Å². The van der Waals surface area contributed by atoms with Crippen LogP contribution in [-0.4, -0.2) is 84.8 Å². The molecule has 0 saturated carbocycles. The third-order valence-electron chi connectivity index (χ3n) is 8.66. The van der Waals surface area contributed by atoms with E-state index in [-0.39, 0.29) is 13.0 Å². The summed E-state index contributed by atoms with van der Waals surface area (Å²) in [6.45, 7) is 9.28. The lowest BCUT2D eigenvalue weighted by atomic mass is 10.0. The zero-order chi connectivity index (χ0) is 31.4. The largest absolute Gasteiger partial charge is 0.481 e. The highest BCUT2D eigenvalue weighted by molar-refractivity contribution is 5.85. The van der Waals surface area contributed by atoms with Crippen LogP contribution in [0.1, 0.15) is 103 Å². The van der Waals surface area contributed by atoms with Gasteiger partial charge in [0.2, 0.25) is 5.79 Å².